The molecule has 1 aliphatic heterocycles. The molecule has 0 amide bonds. The van der Waals surface area contributed by atoms with E-state index in [1.807, 2.05) is 0 Å². The van der Waals surface area contributed by atoms with Gasteiger partial charge >= 0.3 is 0 Å². The molecule has 0 spiro atoms. The van der Waals surface area contributed by atoms with E-state index < -0.39 is 14.9 Å². The normalized spacial score (nSPS) is 16.2. The number of piperidine rings is 1. The molecule has 4 rings (SSSR count). The summed E-state index contributed by atoms with van der Waals surface area (Å²) in [5.41, 5.74) is 0.497. The van der Waals surface area contributed by atoms with E-state index in [-0.39, 0.29) is 35.6 Å². The SMILES string of the molecule is O=[N+]([O-])c1ccc(S(=O)(=O)N2CCC(Oc3nc4ccc(F)cc4s3)CC2)cc1. The van der Waals surface area contributed by atoms with Gasteiger partial charge in [-0.25, -0.2) is 17.8 Å². The van der Waals surface area contributed by atoms with E-state index in [0.29, 0.717) is 28.3 Å². The highest BCUT2D eigenvalue weighted by atomic mass is 32.2. The van der Waals surface area contributed by atoms with Gasteiger partial charge in [0.2, 0.25) is 10.0 Å². The van der Waals surface area contributed by atoms with Gasteiger partial charge in [-0.05, 0) is 43.2 Å². The van der Waals surface area contributed by atoms with E-state index in [9.17, 15) is 22.9 Å². The van der Waals surface area contributed by atoms with Crippen LogP contribution in [0.15, 0.2) is 47.4 Å². The number of nitro benzene ring substituents is 1. The number of ether oxygens (including phenoxy) is 1. The van der Waals surface area contributed by atoms with Crippen LogP contribution in [0.25, 0.3) is 10.2 Å². The van der Waals surface area contributed by atoms with Gasteiger partial charge < -0.3 is 4.74 Å². The van der Waals surface area contributed by atoms with Crippen LogP contribution in [-0.2, 0) is 10.0 Å². The van der Waals surface area contributed by atoms with Crippen molar-refractivity contribution >= 4 is 37.3 Å². The average molecular weight is 437 g/mol. The molecule has 1 fully saturated rings. The highest BCUT2D eigenvalue weighted by Crippen LogP contribution is 2.31. The van der Waals surface area contributed by atoms with E-state index in [1.54, 1.807) is 6.07 Å². The second kappa shape index (κ2) is 7.65. The highest BCUT2D eigenvalue weighted by molar-refractivity contribution is 7.89. The van der Waals surface area contributed by atoms with Crippen molar-refractivity contribution in [3.8, 4) is 5.19 Å². The maximum Gasteiger partial charge on any atom is 0.274 e. The molecule has 1 saturated heterocycles. The van der Waals surface area contributed by atoms with Gasteiger partial charge in [0.15, 0.2) is 0 Å². The Morgan fingerprint density at radius 1 is 1.17 bits per heavy atom. The van der Waals surface area contributed by atoms with Crippen LogP contribution in [-0.4, -0.2) is 41.8 Å². The van der Waals surface area contributed by atoms with Crippen LogP contribution in [0.5, 0.6) is 5.19 Å². The maximum absolute atomic E-state index is 13.3. The number of thiazole rings is 1. The highest BCUT2D eigenvalue weighted by Gasteiger charge is 2.31. The van der Waals surface area contributed by atoms with Crippen molar-refractivity contribution in [1.29, 1.82) is 0 Å². The van der Waals surface area contributed by atoms with Crippen molar-refractivity contribution in [3.63, 3.8) is 0 Å². The molecule has 3 aromatic rings. The molecule has 0 bridgehead atoms. The minimum atomic E-state index is -3.73. The molecule has 0 unspecified atom stereocenters. The van der Waals surface area contributed by atoms with Crippen LogP contribution in [0.1, 0.15) is 12.8 Å². The van der Waals surface area contributed by atoms with E-state index >= 15 is 0 Å². The van der Waals surface area contributed by atoms with Crippen molar-refractivity contribution in [1.82, 2.24) is 9.29 Å². The number of nitrogens with zero attached hydrogens (tertiary/aromatic N) is 3. The number of non-ortho nitro benzene ring substituents is 1. The van der Waals surface area contributed by atoms with Crippen molar-refractivity contribution < 1.29 is 22.5 Å². The quantitative estimate of drug-likeness (QED) is 0.447. The summed E-state index contributed by atoms with van der Waals surface area (Å²) in [7, 11) is -3.73. The van der Waals surface area contributed by atoms with Gasteiger partial charge in [-0.2, -0.15) is 4.31 Å². The standard InChI is InChI=1S/C18H16FN3O5S2/c19-12-1-6-16-17(11-12)28-18(20-16)27-14-7-9-21(10-8-14)29(25,26)15-4-2-13(3-5-15)22(23)24/h1-6,11,14H,7-10H2. The molecule has 2 heterocycles. The fraction of sp³-hybridized carbons (Fsp3) is 0.278. The zero-order valence-corrected chi connectivity index (χ0v) is 16.7. The maximum atomic E-state index is 13.3. The lowest BCUT2D eigenvalue weighted by atomic mass is 10.1. The van der Waals surface area contributed by atoms with Gasteiger partial charge in [0.25, 0.3) is 10.9 Å². The summed E-state index contributed by atoms with van der Waals surface area (Å²) >= 11 is 1.25. The Morgan fingerprint density at radius 2 is 1.86 bits per heavy atom. The minimum Gasteiger partial charge on any atom is -0.467 e. The van der Waals surface area contributed by atoms with Gasteiger partial charge in [0, 0.05) is 25.2 Å². The number of halogens is 1. The van der Waals surface area contributed by atoms with Crippen LogP contribution in [0.3, 0.4) is 0 Å². The van der Waals surface area contributed by atoms with Crippen LogP contribution in [0.2, 0.25) is 0 Å². The third-order valence-corrected chi connectivity index (χ3v) is 7.51. The molecule has 0 saturated carbocycles. The predicted octanol–water partition coefficient (Wildman–Crippen LogP) is 3.58. The Labute approximate surface area is 169 Å². The first kappa shape index (κ1) is 19.7. The van der Waals surface area contributed by atoms with E-state index in [2.05, 4.69) is 4.98 Å². The average Bonchev–Trinajstić information content (AvgIpc) is 3.09. The molecule has 1 aromatic heterocycles. The number of aromatic nitrogens is 1. The molecule has 8 nitrogen and oxygen atoms in total. The molecular weight excluding hydrogens is 421 g/mol. The van der Waals surface area contributed by atoms with Gasteiger partial charge in [-0.1, -0.05) is 11.3 Å². The van der Waals surface area contributed by atoms with Crippen molar-refractivity contribution in [3.05, 3.63) is 58.4 Å². The summed E-state index contributed by atoms with van der Waals surface area (Å²) < 4.78 is 46.7. The molecule has 152 valence electrons. The third-order valence-electron chi connectivity index (χ3n) is 4.68. The van der Waals surface area contributed by atoms with Gasteiger partial charge in [-0.3, -0.25) is 10.1 Å². The second-order valence-electron chi connectivity index (χ2n) is 6.56. The Balaban J connectivity index is 1.40. The molecule has 0 N–H and O–H groups in total. The van der Waals surface area contributed by atoms with Crippen molar-refractivity contribution in [2.24, 2.45) is 0 Å². The lowest BCUT2D eigenvalue weighted by molar-refractivity contribution is -0.384. The number of sulfonamides is 1. The van der Waals surface area contributed by atoms with Crippen LogP contribution in [0, 0.1) is 15.9 Å². The van der Waals surface area contributed by atoms with Gasteiger partial charge in [0.1, 0.15) is 11.9 Å². The predicted molar refractivity (Wildman–Crippen MR) is 105 cm³/mol. The third kappa shape index (κ3) is 4.07. The molecule has 0 aliphatic carbocycles. The Bertz CT molecular complexity index is 1160. The van der Waals surface area contributed by atoms with Gasteiger partial charge in [0.05, 0.1) is 20.0 Å². The Morgan fingerprint density at radius 3 is 2.52 bits per heavy atom. The molecule has 0 atom stereocenters. The number of hydrogen-bond acceptors (Lipinski definition) is 7. The van der Waals surface area contributed by atoms with Crippen molar-refractivity contribution in [2.45, 2.75) is 23.8 Å². The van der Waals surface area contributed by atoms with Crippen LogP contribution >= 0.6 is 11.3 Å². The molecule has 29 heavy (non-hydrogen) atoms. The van der Waals surface area contributed by atoms with E-state index in [1.165, 1.54) is 52.0 Å². The summed E-state index contributed by atoms with van der Waals surface area (Å²) in [6.07, 6.45) is 0.774. The molecular formula is C18H16FN3O5S2. The summed E-state index contributed by atoms with van der Waals surface area (Å²) in [5, 5.41) is 11.2. The first-order chi connectivity index (χ1) is 13.8. The lowest BCUT2D eigenvalue weighted by Gasteiger charge is -2.30. The first-order valence-corrected chi connectivity index (χ1v) is 11.1. The van der Waals surface area contributed by atoms with E-state index in [4.69, 9.17) is 4.74 Å². The van der Waals surface area contributed by atoms with E-state index in [0.717, 1.165) is 0 Å². The van der Waals surface area contributed by atoms with Gasteiger partial charge in [-0.15, -0.1) is 0 Å². The molecule has 2 aromatic carbocycles. The Kier molecular flexibility index (Phi) is 5.19. The number of fused-ring (bicyclic) bond motifs is 1. The first-order valence-electron chi connectivity index (χ1n) is 8.80. The molecule has 0 radical (unpaired) electrons. The smallest absolute Gasteiger partial charge is 0.274 e. The number of rotatable bonds is 5. The zero-order chi connectivity index (χ0) is 20.6. The number of nitro groups is 1. The van der Waals surface area contributed by atoms with Crippen molar-refractivity contribution in [2.75, 3.05) is 13.1 Å². The van der Waals surface area contributed by atoms with Crippen LogP contribution < -0.4 is 4.74 Å². The topological polar surface area (TPSA) is 103 Å². The zero-order valence-electron chi connectivity index (χ0n) is 15.0. The number of benzene rings is 2. The fourth-order valence-corrected chi connectivity index (χ4v) is 5.53. The largest absolute Gasteiger partial charge is 0.467 e. The number of hydrogen-bond donors (Lipinski definition) is 0. The second-order valence-corrected chi connectivity index (χ2v) is 9.50. The Hall–Kier alpha value is -2.63. The minimum absolute atomic E-state index is 0.0238. The summed E-state index contributed by atoms with van der Waals surface area (Å²) in [4.78, 5) is 14.5. The van der Waals surface area contributed by atoms with Crippen LogP contribution in [0.4, 0.5) is 10.1 Å². The fourth-order valence-electron chi connectivity index (χ4n) is 3.15. The molecule has 11 heteroatoms. The summed E-state index contributed by atoms with van der Waals surface area (Å²) in [5.74, 6) is -0.336. The monoisotopic (exact) mass is 437 g/mol. The molecule has 1 aliphatic rings. The lowest BCUT2D eigenvalue weighted by Crippen LogP contribution is -2.41. The summed E-state index contributed by atoms with van der Waals surface area (Å²) in [6.45, 7) is 0.535. The summed E-state index contributed by atoms with van der Waals surface area (Å²) in [6, 6.07) is 9.18.